The monoisotopic (exact) mass is 416 g/mol. The van der Waals surface area contributed by atoms with Crippen molar-refractivity contribution in [2.24, 2.45) is 39.4 Å². The first kappa shape index (κ1) is 21.0. The zero-order valence-corrected chi connectivity index (χ0v) is 19.7. The highest BCUT2D eigenvalue weighted by atomic mass is 16.7. The molecule has 1 aliphatic heterocycles. The van der Waals surface area contributed by atoms with E-state index in [1.54, 1.807) is 7.11 Å². The van der Waals surface area contributed by atoms with E-state index in [0.717, 1.165) is 36.3 Å². The second-order valence-electron chi connectivity index (χ2n) is 12.5. The van der Waals surface area contributed by atoms with Gasteiger partial charge in [-0.1, -0.05) is 41.0 Å². The van der Waals surface area contributed by atoms with Crippen LogP contribution >= 0.6 is 0 Å². The van der Waals surface area contributed by atoms with E-state index >= 15 is 0 Å². The van der Waals surface area contributed by atoms with E-state index in [1.165, 1.54) is 32.1 Å². The molecular weight excluding hydrogens is 376 g/mol. The van der Waals surface area contributed by atoms with Crippen LogP contribution in [0.3, 0.4) is 0 Å². The Morgan fingerprint density at radius 3 is 2.37 bits per heavy atom. The standard InChI is InChI=1S/C26H40O4/c1-23(2)11-7-12-24(3)16(23)10-13-25(4)17-9-8-15-20(21(28)30-22(15)29-6)26(17,5)19(27)14-18(24)25/h16-19,22,27H,7-14H2,1-6H3/t16-,17-,18+,19+,22+,24-,25-,26+/m0/s1. The summed E-state index contributed by atoms with van der Waals surface area (Å²) in [5.74, 6) is 1.28. The second-order valence-corrected chi connectivity index (χ2v) is 12.5. The van der Waals surface area contributed by atoms with Crippen LogP contribution in [0.25, 0.3) is 0 Å². The van der Waals surface area contributed by atoms with Crippen molar-refractivity contribution in [3.8, 4) is 0 Å². The molecule has 3 saturated carbocycles. The molecule has 4 heteroatoms. The summed E-state index contributed by atoms with van der Waals surface area (Å²) in [5.41, 5.74) is 2.00. The predicted molar refractivity (Wildman–Crippen MR) is 115 cm³/mol. The molecule has 168 valence electrons. The van der Waals surface area contributed by atoms with Crippen LogP contribution in [-0.4, -0.2) is 30.6 Å². The van der Waals surface area contributed by atoms with E-state index in [1.807, 2.05) is 0 Å². The third-order valence-electron chi connectivity index (χ3n) is 11.0. The third-order valence-corrected chi connectivity index (χ3v) is 11.0. The number of aliphatic hydroxyl groups excluding tert-OH is 1. The maximum Gasteiger partial charge on any atom is 0.337 e. The highest BCUT2D eigenvalue weighted by molar-refractivity contribution is 5.94. The van der Waals surface area contributed by atoms with Gasteiger partial charge in [0.2, 0.25) is 6.29 Å². The molecule has 5 rings (SSSR count). The van der Waals surface area contributed by atoms with Gasteiger partial charge in [0.05, 0.1) is 11.7 Å². The lowest BCUT2D eigenvalue weighted by atomic mass is 9.35. The molecule has 1 heterocycles. The average molecular weight is 417 g/mol. The Kier molecular flexibility index (Phi) is 4.44. The number of aliphatic hydroxyl groups is 1. The SMILES string of the molecule is CO[C@@H]1OC(=O)C2=C1CC[C@H]1[C@]3(C)CC[C@H]4C(C)(C)CCC[C@]4(C)[C@H]3C[C@@H](O)[C@]21C. The van der Waals surface area contributed by atoms with Gasteiger partial charge in [-0.2, -0.15) is 0 Å². The van der Waals surface area contributed by atoms with Gasteiger partial charge in [-0.25, -0.2) is 4.79 Å². The van der Waals surface area contributed by atoms with E-state index in [2.05, 4.69) is 34.6 Å². The number of carbonyl (C=O) groups is 1. The van der Waals surface area contributed by atoms with Gasteiger partial charge in [0.15, 0.2) is 0 Å². The molecule has 30 heavy (non-hydrogen) atoms. The summed E-state index contributed by atoms with van der Waals surface area (Å²) in [4.78, 5) is 13.0. The number of ether oxygens (including phenoxy) is 2. The molecule has 5 aliphatic rings. The van der Waals surface area contributed by atoms with Crippen molar-refractivity contribution in [2.45, 2.75) is 98.4 Å². The van der Waals surface area contributed by atoms with Crippen LogP contribution in [-0.2, 0) is 14.3 Å². The Morgan fingerprint density at radius 1 is 0.967 bits per heavy atom. The number of rotatable bonds is 1. The zero-order chi connectivity index (χ0) is 21.7. The Bertz CT molecular complexity index is 799. The fourth-order valence-corrected chi connectivity index (χ4v) is 9.77. The molecule has 0 aromatic carbocycles. The quantitative estimate of drug-likeness (QED) is 0.594. The third kappa shape index (κ3) is 2.38. The van der Waals surface area contributed by atoms with Crippen molar-refractivity contribution in [3.63, 3.8) is 0 Å². The van der Waals surface area contributed by atoms with Gasteiger partial charge in [-0.15, -0.1) is 0 Å². The Labute approximate surface area is 181 Å². The maximum absolute atomic E-state index is 13.0. The Morgan fingerprint density at radius 2 is 1.67 bits per heavy atom. The Hall–Kier alpha value is -0.870. The maximum atomic E-state index is 13.0. The Balaban J connectivity index is 1.60. The van der Waals surface area contributed by atoms with Crippen LogP contribution in [0.15, 0.2) is 11.1 Å². The molecule has 0 amide bonds. The lowest BCUT2D eigenvalue weighted by Crippen LogP contribution is -2.65. The summed E-state index contributed by atoms with van der Waals surface area (Å²) in [6.45, 7) is 12.1. The smallest absolute Gasteiger partial charge is 0.337 e. The van der Waals surface area contributed by atoms with Crippen LogP contribution in [0.1, 0.15) is 86.0 Å². The van der Waals surface area contributed by atoms with E-state index in [-0.39, 0.29) is 16.8 Å². The molecule has 0 bridgehead atoms. The van der Waals surface area contributed by atoms with Crippen molar-refractivity contribution >= 4 is 5.97 Å². The van der Waals surface area contributed by atoms with E-state index in [0.29, 0.717) is 17.3 Å². The lowest BCUT2D eigenvalue weighted by Gasteiger charge is -2.69. The summed E-state index contributed by atoms with van der Waals surface area (Å²) in [6, 6.07) is 0. The van der Waals surface area contributed by atoms with Crippen molar-refractivity contribution in [1.82, 2.24) is 0 Å². The number of cyclic esters (lactones) is 1. The number of fused-ring (bicyclic) bond motifs is 6. The molecule has 0 radical (unpaired) electrons. The van der Waals surface area contributed by atoms with Crippen LogP contribution in [0.2, 0.25) is 0 Å². The van der Waals surface area contributed by atoms with Gasteiger partial charge in [0, 0.05) is 18.1 Å². The molecule has 0 saturated heterocycles. The first-order valence-corrected chi connectivity index (χ1v) is 12.2. The largest absolute Gasteiger partial charge is 0.428 e. The normalized spacial score (nSPS) is 52.1. The van der Waals surface area contributed by atoms with Gasteiger partial charge < -0.3 is 14.6 Å². The number of esters is 1. The zero-order valence-electron chi connectivity index (χ0n) is 19.7. The summed E-state index contributed by atoms with van der Waals surface area (Å²) >= 11 is 0. The number of hydrogen-bond acceptors (Lipinski definition) is 4. The van der Waals surface area contributed by atoms with Crippen molar-refractivity contribution in [3.05, 3.63) is 11.1 Å². The van der Waals surface area contributed by atoms with Gasteiger partial charge in [-0.05, 0) is 78.9 Å². The highest BCUT2D eigenvalue weighted by Gasteiger charge is 2.69. The van der Waals surface area contributed by atoms with Gasteiger partial charge in [0.1, 0.15) is 0 Å². The van der Waals surface area contributed by atoms with Crippen molar-refractivity contribution in [1.29, 1.82) is 0 Å². The minimum atomic E-state index is -0.560. The lowest BCUT2D eigenvalue weighted by molar-refractivity contribution is -0.217. The number of methoxy groups -OCH3 is 1. The van der Waals surface area contributed by atoms with Gasteiger partial charge in [-0.3, -0.25) is 0 Å². The highest BCUT2D eigenvalue weighted by Crippen LogP contribution is 2.73. The molecular formula is C26H40O4. The molecule has 4 aliphatic carbocycles. The van der Waals surface area contributed by atoms with Crippen molar-refractivity contribution < 1.29 is 19.4 Å². The fraction of sp³-hybridized carbons (Fsp3) is 0.885. The number of hydrogen-bond donors (Lipinski definition) is 1. The molecule has 0 unspecified atom stereocenters. The molecule has 0 aromatic heterocycles. The average Bonchev–Trinajstić information content (AvgIpc) is 3.00. The minimum Gasteiger partial charge on any atom is -0.428 e. The van der Waals surface area contributed by atoms with E-state index in [4.69, 9.17) is 9.47 Å². The van der Waals surface area contributed by atoms with Crippen LogP contribution < -0.4 is 0 Å². The number of carbonyl (C=O) groups excluding carboxylic acids is 1. The van der Waals surface area contributed by atoms with Crippen LogP contribution in [0, 0.1) is 39.4 Å². The van der Waals surface area contributed by atoms with Gasteiger partial charge in [0.25, 0.3) is 0 Å². The fourth-order valence-electron chi connectivity index (χ4n) is 9.77. The van der Waals surface area contributed by atoms with Crippen molar-refractivity contribution in [2.75, 3.05) is 7.11 Å². The summed E-state index contributed by atoms with van der Waals surface area (Å²) in [5, 5.41) is 11.7. The topological polar surface area (TPSA) is 55.8 Å². The van der Waals surface area contributed by atoms with Crippen LogP contribution in [0.4, 0.5) is 0 Å². The van der Waals surface area contributed by atoms with E-state index in [9.17, 15) is 9.90 Å². The minimum absolute atomic E-state index is 0.149. The van der Waals surface area contributed by atoms with Crippen LogP contribution in [0.5, 0.6) is 0 Å². The summed E-state index contributed by atoms with van der Waals surface area (Å²) in [7, 11) is 1.60. The second kappa shape index (κ2) is 6.34. The first-order valence-electron chi connectivity index (χ1n) is 12.2. The summed E-state index contributed by atoms with van der Waals surface area (Å²) < 4.78 is 11.0. The molecule has 0 spiro atoms. The summed E-state index contributed by atoms with van der Waals surface area (Å²) in [6.07, 6.45) is 7.97. The molecule has 4 nitrogen and oxygen atoms in total. The van der Waals surface area contributed by atoms with Gasteiger partial charge >= 0.3 is 5.97 Å². The van der Waals surface area contributed by atoms with E-state index < -0.39 is 17.8 Å². The molecule has 0 aromatic rings. The molecule has 3 fully saturated rings. The predicted octanol–water partition coefficient (Wildman–Crippen LogP) is 5.24. The molecule has 8 atom stereocenters. The molecule has 1 N–H and O–H groups in total. The first-order chi connectivity index (χ1) is 14.0.